The van der Waals surface area contributed by atoms with Gasteiger partial charge in [0.2, 0.25) is 0 Å². The first-order valence-corrected chi connectivity index (χ1v) is 22.3. The summed E-state index contributed by atoms with van der Waals surface area (Å²) in [6.07, 6.45) is 0. The van der Waals surface area contributed by atoms with Gasteiger partial charge in [-0.25, -0.2) is 15.0 Å². The normalized spacial score (nSPS) is 11.9. The third-order valence-electron chi connectivity index (χ3n) is 13.4. The molecule has 0 saturated heterocycles. The summed E-state index contributed by atoms with van der Waals surface area (Å²) >= 11 is 0. The van der Waals surface area contributed by atoms with Crippen LogP contribution in [0.25, 0.3) is 138 Å². The van der Waals surface area contributed by atoms with Gasteiger partial charge < -0.3 is 8.98 Å². The molecule has 5 nitrogen and oxygen atoms in total. The lowest BCUT2D eigenvalue weighted by molar-refractivity contribution is 0.669. The molecule has 0 fully saturated rings. The van der Waals surface area contributed by atoms with Crippen molar-refractivity contribution in [1.82, 2.24) is 19.5 Å². The SMILES string of the molecule is c1ccc2cc3c(cc2c1)c1cc2ccccc2cc1n3-c1ccc(-c2nc(-c3cccc4ccccc34)nc(-c3cccc4ccccc34)n2)c(-c2ccc3c(c2)oc2ccccc23)c1. The third kappa shape index (κ3) is 5.70. The number of aromatic nitrogens is 4. The number of para-hydroxylation sites is 1. The summed E-state index contributed by atoms with van der Waals surface area (Å²) in [6, 6.07) is 77.7. The quantitative estimate of drug-likeness (QED) is 0.173. The molecular weight excluding hydrogens is 805 g/mol. The second kappa shape index (κ2) is 14.3. The van der Waals surface area contributed by atoms with Crippen molar-refractivity contribution < 1.29 is 4.42 Å². The number of hydrogen-bond donors (Lipinski definition) is 0. The molecule has 306 valence electrons. The predicted octanol–water partition coefficient (Wildman–Crippen LogP) is 16.1. The number of fused-ring (bicyclic) bond motifs is 10. The van der Waals surface area contributed by atoms with Crippen molar-refractivity contribution in [2.24, 2.45) is 0 Å². The second-order valence-corrected chi connectivity index (χ2v) is 17.2. The number of hydrogen-bond acceptors (Lipinski definition) is 4. The van der Waals surface area contributed by atoms with Gasteiger partial charge in [0, 0.05) is 43.9 Å². The highest BCUT2D eigenvalue weighted by atomic mass is 16.3. The van der Waals surface area contributed by atoms with E-state index in [-0.39, 0.29) is 0 Å². The lowest BCUT2D eigenvalue weighted by atomic mass is 9.96. The zero-order valence-electron chi connectivity index (χ0n) is 35.5. The van der Waals surface area contributed by atoms with E-state index in [4.69, 9.17) is 19.4 Å². The summed E-state index contributed by atoms with van der Waals surface area (Å²) in [5.74, 6) is 1.81. The summed E-state index contributed by atoms with van der Waals surface area (Å²) in [4.78, 5) is 16.1. The summed E-state index contributed by atoms with van der Waals surface area (Å²) in [6.45, 7) is 0. The molecular formula is C61H36N4O. The fourth-order valence-electron chi connectivity index (χ4n) is 10.2. The smallest absolute Gasteiger partial charge is 0.164 e. The third-order valence-corrected chi connectivity index (χ3v) is 13.4. The van der Waals surface area contributed by atoms with E-state index < -0.39 is 0 Å². The minimum absolute atomic E-state index is 0.585. The van der Waals surface area contributed by atoms with Crippen molar-refractivity contribution in [1.29, 1.82) is 0 Å². The zero-order valence-corrected chi connectivity index (χ0v) is 35.5. The van der Waals surface area contributed by atoms with Gasteiger partial charge >= 0.3 is 0 Å². The molecule has 66 heavy (non-hydrogen) atoms. The van der Waals surface area contributed by atoms with Gasteiger partial charge in [0.05, 0.1) is 11.0 Å². The van der Waals surface area contributed by atoms with Gasteiger partial charge in [0.1, 0.15) is 11.2 Å². The average molecular weight is 841 g/mol. The van der Waals surface area contributed by atoms with Crippen molar-refractivity contribution in [3.63, 3.8) is 0 Å². The van der Waals surface area contributed by atoms with Crippen LogP contribution in [0.5, 0.6) is 0 Å². The van der Waals surface area contributed by atoms with E-state index >= 15 is 0 Å². The van der Waals surface area contributed by atoms with Crippen LogP contribution in [0.2, 0.25) is 0 Å². The molecule has 0 aliphatic rings. The Morgan fingerprint density at radius 3 is 1.35 bits per heavy atom. The van der Waals surface area contributed by atoms with Crippen molar-refractivity contribution in [3.8, 4) is 51.0 Å². The van der Waals surface area contributed by atoms with Crippen LogP contribution < -0.4 is 0 Å². The first kappa shape index (κ1) is 36.5. The lowest BCUT2D eigenvalue weighted by Gasteiger charge is -2.16. The van der Waals surface area contributed by atoms with Crippen LogP contribution in [-0.4, -0.2) is 19.5 Å². The van der Waals surface area contributed by atoms with Gasteiger partial charge in [0.15, 0.2) is 17.5 Å². The van der Waals surface area contributed by atoms with Crippen molar-refractivity contribution in [3.05, 3.63) is 218 Å². The Labute approximate surface area is 378 Å². The molecule has 5 heteroatoms. The zero-order chi connectivity index (χ0) is 43.3. The monoisotopic (exact) mass is 840 g/mol. The number of benzene rings is 11. The van der Waals surface area contributed by atoms with E-state index in [1.807, 2.05) is 12.1 Å². The molecule has 0 atom stereocenters. The van der Waals surface area contributed by atoms with Gasteiger partial charge in [-0.15, -0.1) is 0 Å². The Hall–Kier alpha value is -8.93. The Bertz CT molecular complexity index is 4110. The van der Waals surface area contributed by atoms with Crippen LogP contribution in [0, 0.1) is 0 Å². The maximum atomic E-state index is 6.55. The highest BCUT2D eigenvalue weighted by molar-refractivity contribution is 6.17. The number of rotatable bonds is 5. The molecule has 0 spiro atoms. The Morgan fingerprint density at radius 1 is 0.288 bits per heavy atom. The molecule has 11 aromatic carbocycles. The first-order valence-electron chi connectivity index (χ1n) is 22.3. The van der Waals surface area contributed by atoms with Crippen molar-refractivity contribution >= 4 is 86.8 Å². The molecule has 0 bridgehead atoms. The standard InChI is InChI=1S/C61H36N4O/c1-3-17-41-33-55-53(31-39(41)15-1)54-32-40-16-2-4-18-42(40)34-56(54)65(55)44-28-30-51(52(36-44)43-27-29-48-47-23-9-10-26-57(47)66-58(48)35-43)61-63-59(49-24-11-19-37-13-5-7-21-45(37)49)62-60(64-61)50-25-12-20-38-14-6-8-22-46(38)50/h1-36H. The minimum atomic E-state index is 0.585. The summed E-state index contributed by atoms with van der Waals surface area (Å²) in [7, 11) is 0. The molecule has 14 rings (SSSR count). The lowest BCUT2D eigenvalue weighted by Crippen LogP contribution is -2.03. The summed E-state index contributed by atoms with van der Waals surface area (Å²) < 4.78 is 8.97. The predicted molar refractivity (Wildman–Crippen MR) is 273 cm³/mol. The highest BCUT2D eigenvalue weighted by Gasteiger charge is 2.22. The van der Waals surface area contributed by atoms with Crippen LogP contribution in [-0.2, 0) is 0 Å². The molecule has 0 aliphatic heterocycles. The fraction of sp³-hybridized carbons (Fsp3) is 0. The maximum absolute atomic E-state index is 6.55. The van der Waals surface area contributed by atoms with E-state index in [1.165, 1.54) is 32.3 Å². The van der Waals surface area contributed by atoms with E-state index in [0.717, 1.165) is 88.0 Å². The average Bonchev–Trinajstić information content (AvgIpc) is 3.90. The topological polar surface area (TPSA) is 56.7 Å². The minimum Gasteiger partial charge on any atom is -0.456 e. The molecule has 0 aliphatic carbocycles. The van der Waals surface area contributed by atoms with E-state index in [0.29, 0.717) is 17.5 Å². The van der Waals surface area contributed by atoms with Crippen LogP contribution in [0.3, 0.4) is 0 Å². The number of furan rings is 1. The maximum Gasteiger partial charge on any atom is 0.164 e. The van der Waals surface area contributed by atoms with Gasteiger partial charge in [-0.3, -0.25) is 0 Å². The van der Waals surface area contributed by atoms with E-state index in [1.54, 1.807) is 0 Å². The van der Waals surface area contributed by atoms with Gasteiger partial charge in [-0.05, 0) is 115 Å². The summed E-state index contributed by atoms with van der Waals surface area (Å²) in [5, 5.41) is 13.8. The first-order chi connectivity index (χ1) is 32.7. The molecule has 3 aromatic heterocycles. The van der Waals surface area contributed by atoms with Crippen LogP contribution in [0.1, 0.15) is 0 Å². The van der Waals surface area contributed by atoms with E-state index in [2.05, 4.69) is 211 Å². The molecule has 0 radical (unpaired) electrons. The summed E-state index contributed by atoms with van der Waals surface area (Å²) in [5.41, 5.74) is 9.75. The van der Waals surface area contributed by atoms with E-state index in [9.17, 15) is 0 Å². The van der Waals surface area contributed by atoms with Gasteiger partial charge in [-0.1, -0.05) is 158 Å². The van der Waals surface area contributed by atoms with Crippen molar-refractivity contribution in [2.75, 3.05) is 0 Å². The Kier molecular flexibility index (Phi) is 7.91. The highest BCUT2D eigenvalue weighted by Crippen LogP contribution is 2.42. The second-order valence-electron chi connectivity index (χ2n) is 17.2. The largest absolute Gasteiger partial charge is 0.456 e. The van der Waals surface area contributed by atoms with Gasteiger partial charge in [-0.2, -0.15) is 0 Å². The molecule has 0 amide bonds. The van der Waals surface area contributed by atoms with Crippen LogP contribution >= 0.6 is 0 Å². The molecule has 3 heterocycles. The van der Waals surface area contributed by atoms with Crippen LogP contribution in [0.4, 0.5) is 0 Å². The van der Waals surface area contributed by atoms with Crippen molar-refractivity contribution in [2.45, 2.75) is 0 Å². The molecule has 0 unspecified atom stereocenters. The Morgan fingerprint density at radius 2 is 0.758 bits per heavy atom. The Balaban J connectivity index is 1.07. The molecule has 0 N–H and O–H groups in total. The fourth-order valence-corrected chi connectivity index (χ4v) is 10.2. The van der Waals surface area contributed by atoms with Crippen LogP contribution in [0.15, 0.2) is 223 Å². The number of nitrogens with zero attached hydrogens (tertiary/aromatic N) is 4. The molecule has 0 saturated carbocycles. The molecule has 14 aromatic rings. The van der Waals surface area contributed by atoms with Gasteiger partial charge in [0.25, 0.3) is 0 Å².